The molecule has 0 unspecified atom stereocenters. The number of anilines is 1. The third-order valence-electron chi connectivity index (χ3n) is 3.24. The number of para-hydroxylation sites is 1. The molecule has 0 aliphatic rings. The van der Waals surface area contributed by atoms with Crippen LogP contribution in [0.4, 0.5) is 5.69 Å². The molecule has 1 aromatic heterocycles. The van der Waals surface area contributed by atoms with E-state index in [1.54, 1.807) is 18.2 Å². The maximum absolute atomic E-state index is 12.1. The van der Waals surface area contributed by atoms with Crippen LogP contribution < -0.4 is 5.32 Å². The summed E-state index contributed by atoms with van der Waals surface area (Å²) in [6.45, 7) is 4.17. The van der Waals surface area contributed by atoms with Gasteiger partial charge in [0, 0.05) is 11.8 Å². The molecule has 2 aromatic rings. The third kappa shape index (κ3) is 4.08. The predicted molar refractivity (Wildman–Crippen MR) is 89.3 cm³/mol. The van der Waals surface area contributed by atoms with Crippen LogP contribution in [-0.4, -0.2) is 5.91 Å². The summed E-state index contributed by atoms with van der Waals surface area (Å²) in [6, 6.07) is 9.71. The lowest BCUT2D eigenvalue weighted by Crippen LogP contribution is -2.11. The van der Waals surface area contributed by atoms with Crippen LogP contribution in [0.5, 0.6) is 0 Å². The van der Waals surface area contributed by atoms with E-state index in [1.165, 1.54) is 6.08 Å². The van der Waals surface area contributed by atoms with Crippen molar-refractivity contribution in [2.75, 3.05) is 5.32 Å². The Kier molecular flexibility index (Phi) is 5.39. The van der Waals surface area contributed by atoms with Crippen molar-refractivity contribution in [3.63, 3.8) is 0 Å². The number of carbonyl (C=O) groups excluding carboxylic acids is 1. The molecule has 0 atom stereocenters. The monoisotopic (exact) mass is 347 g/mol. The first kappa shape index (κ1) is 15.6. The number of aryl methyl sites for hydroxylation is 2. The minimum absolute atomic E-state index is 0.155. The standard InChI is InChI=1S/C17H18BrNO2/c1-3-12-6-5-7-13(4-2)17(12)19-16(20)11-9-14-8-10-15(18)21-14/h5-11H,3-4H2,1-2H3,(H,19,20)/b11-9+. The molecule has 4 heteroatoms. The number of furan rings is 1. The Bertz CT molecular complexity index is 636. The second kappa shape index (κ2) is 7.27. The van der Waals surface area contributed by atoms with Crippen LogP contribution in [0.15, 0.2) is 45.5 Å². The van der Waals surface area contributed by atoms with Gasteiger partial charge in [0.25, 0.3) is 0 Å². The topological polar surface area (TPSA) is 42.2 Å². The maximum Gasteiger partial charge on any atom is 0.248 e. The average molecular weight is 348 g/mol. The van der Waals surface area contributed by atoms with Gasteiger partial charge in [-0.1, -0.05) is 32.0 Å². The first-order valence-corrected chi connectivity index (χ1v) is 7.78. The zero-order valence-corrected chi connectivity index (χ0v) is 13.7. The van der Waals surface area contributed by atoms with Gasteiger partial charge in [-0.15, -0.1) is 0 Å². The van der Waals surface area contributed by atoms with Gasteiger partial charge in [0.1, 0.15) is 5.76 Å². The molecule has 0 aliphatic heterocycles. The van der Waals surface area contributed by atoms with Gasteiger partial charge >= 0.3 is 0 Å². The highest BCUT2D eigenvalue weighted by Gasteiger charge is 2.08. The van der Waals surface area contributed by atoms with Crippen molar-refractivity contribution in [3.05, 3.63) is 58.0 Å². The highest BCUT2D eigenvalue weighted by atomic mass is 79.9. The molecule has 0 saturated carbocycles. The van der Waals surface area contributed by atoms with Crippen molar-refractivity contribution in [3.8, 4) is 0 Å². The first-order valence-electron chi connectivity index (χ1n) is 6.99. The molecule has 0 bridgehead atoms. The Labute approximate surface area is 133 Å². The lowest BCUT2D eigenvalue weighted by molar-refractivity contribution is -0.111. The van der Waals surface area contributed by atoms with Gasteiger partial charge in [-0.2, -0.15) is 0 Å². The van der Waals surface area contributed by atoms with Crippen LogP contribution in [0.2, 0.25) is 0 Å². The summed E-state index contributed by atoms with van der Waals surface area (Å²) < 4.78 is 5.97. The molecular formula is C17H18BrNO2. The largest absolute Gasteiger partial charge is 0.450 e. The van der Waals surface area contributed by atoms with Crippen LogP contribution in [0.3, 0.4) is 0 Å². The van der Waals surface area contributed by atoms with Crippen molar-refractivity contribution >= 4 is 33.6 Å². The molecule has 2 rings (SSSR count). The fourth-order valence-electron chi connectivity index (χ4n) is 2.14. The number of amides is 1. The fraction of sp³-hybridized carbons (Fsp3) is 0.235. The maximum atomic E-state index is 12.1. The molecule has 1 heterocycles. The number of benzene rings is 1. The number of hydrogen-bond donors (Lipinski definition) is 1. The van der Waals surface area contributed by atoms with Crippen LogP contribution in [0.25, 0.3) is 6.08 Å². The summed E-state index contributed by atoms with van der Waals surface area (Å²) in [7, 11) is 0. The minimum Gasteiger partial charge on any atom is -0.450 e. The summed E-state index contributed by atoms with van der Waals surface area (Å²) in [4.78, 5) is 12.1. The lowest BCUT2D eigenvalue weighted by Gasteiger charge is -2.13. The van der Waals surface area contributed by atoms with Crippen LogP contribution in [0.1, 0.15) is 30.7 Å². The van der Waals surface area contributed by atoms with E-state index >= 15 is 0 Å². The Morgan fingerprint density at radius 3 is 2.38 bits per heavy atom. The molecular weight excluding hydrogens is 330 g/mol. The van der Waals surface area contributed by atoms with E-state index in [0.29, 0.717) is 10.4 Å². The van der Waals surface area contributed by atoms with E-state index in [0.717, 1.165) is 29.7 Å². The molecule has 110 valence electrons. The highest BCUT2D eigenvalue weighted by molar-refractivity contribution is 9.10. The number of halogens is 1. The third-order valence-corrected chi connectivity index (χ3v) is 3.67. The van der Waals surface area contributed by atoms with Gasteiger partial charge in [0.2, 0.25) is 5.91 Å². The van der Waals surface area contributed by atoms with Gasteiger partial charge in [-0.05, 0) is 58.1 Å². The Morgan fingerprint density at radius 2 is 1.86 bits per heavy atom. The van der Waals surface area contributed by atoms with Crippen molar-refractivity contribution in [2.24, 2.45) is 0 Å². The second-order valence-corrected chi connectivity index (χ2v) is 5.40. The fourth-order valence-corrected chi connectivity index (χ4v) is 2.46. The number of nitrogens with one attached hydrogen (secondary N) is 1. The SMILES string of the molecule is CCc1cccc(CC)c1NC(=O)/C=C/c1ccc(Br)o1. The van der Waals surface area contributed by atoms with E-state index in [4.69, 9.17) is 4.42 Å². The van der Waals surface area contributed by atoms with Crippen molar-refractivity contribution in [1.82, 2.24) is 0 Å². The van der Waals surface area contributed by atoms with Crippen LogP contribution >= 0.6 is 15.9 Å². The zero-order chi connectivity index (χ0) is 15.2. The van der Waals surface area contributed by atoms with Gasteiger partial charge in [0.15, 0.2) is 4.67 Å². The summed E-state index contributed by atoms with van der Waals surface area (Å²) in [6.07, 6.45) is 4.91. The minimum atomic E-state index is -0.155. The smallest absolute Gasteiger partial charge is 0.248 e. The van der Waals surface area contributed by atoms with Crippen molar-refractivity contribution in [1.29, 1.82) is 0 Å². The summed E-state index contributed by atoms with van der Waals surface area (Å²) >= 11 is 3.23. The summed E-state index contributed by atoms with van der Waals surface area (Å²) in [5, 5.41) is 2.98. The Hall–Kier alpha value is -1.81. The number of hydrogen-bond acceptors (Lipinski definition) is 2. The molecule has 1 amide bonds. The Morgan fingerprint density at radius 1 is 1.19 bits per heavy atom. The molecule has 0 saturated heterocycles. The summed E-state index contributed by atoms with van der Waals surface area (Å²) in [5.41, 5.74) is 3.23. The van der Waals surface area contributed by atoms with Crippen LogP contribution in [-0.2, 0) is 17.6 Å². The van der Waals surface area contributed by atoms with Gasteiger partial charge in [-0.3, -0.25) is 4.79 Å². The van der Waals surface area contributed by atoms with Crippen molar-refractivity contribution < 1.29 is 9.21 Å². The highest BCUT2D eigenvalue weighted by Crippen LogP contribution is 2.22. The van der Waals surface area contributed by atoms with E-state index in [9.17, 15) is 4.79 Å². The Balaban J connectivity index is 2.14. The number of carbonyl (C=O) groups is 1. The lowest BCUT2D eigenvalue weighted by atomic mass is 10.0. The van der Waals surface area contributed by atoms with E-state index in [2.05, 4.69) is 35.1 Å². The first-order chi connectivity index (χ1) is 10.1. The van der Waals surface area contributed by atoms with E-state index < -0.39 is 0 Å². The predicted octanol–water partition coefficient (Wildman–Crippen LogP) is 4.82. The molecule has 0 aliphatic carbocycles. The molecule has 0 radical (unpaired) electrons. The summed E-state index contributed by atoms with van der Waals surface area (Å²) in [5.74, 6) is 0.481. The zero-order valence-electron chi connectivity index (χ0n) is 12.2. The van der Waals surface area contributed by atoms with Crippen LogP contribution in [0, 0.1) is 0 Å². The quantitative estimate of drug-likeness (QED) is 0.788. The molecule has 0 spiro atoms. The molecule has 3 nitrogen and oxygen atoms in total. The number of rotatable bonds is 5. The normalized spacial score (nSPS) is 11.0. The average Bonchev–Trinajstić information content (AvgIpc) is 2.91. The second-order valence-electron chi connectivity index (χ2n) is 4.62. The van der Waals surface area contributed by atoms with E-state index in [1.807, 2.05) is 18.2 Å². The van der Waals surface area contributed by atoms with Gasteiger partial charge in [0.05, 0.1) is 0 Å². The molecule has 0 fully saturated rings. The molecule has 1 N–H and O–H groups in total. The van der Waals surface area contributed by atoms with E-state index in [-0.39, 0.29) is 5.91 Å². The van der Waals surface area contributed by atoms with Gasteiger partial charge < -0.3 is 9.73 Å². The van der Waals surface area contributed by atoms with Gasteiger partial charge in [-0.25, -0.2) is 0 Å². The van der Waals surface area contributed by atoms with Crippen molar-refractivity contribution in [2.45, 2.75) is 26.7 Å². The molecule has 1 aromatic carbocycles. The molecule has 21 heavy (non-hydrogen) atoms.